The van der Waals surface area contributed by atoms with Crippen molar-refractivity contribution in [3.8, 4) is 11.1 Å². The van der Waals surface area contributed by atoms with E-state index in [0.717, 1.165) is 5.75 Å². The van der Waals surface area contributed by atoms with Crippen molar-refractivity contribution in [3.63, 3.8) is 0 Å². The summed E-state index contributed by atoms with van der Waals surface area (Å²) in [6, 6.07) is 17.5. The Balaban J connectivity index is 0.00000182. The van der Waals surface area contributed by atoms with Gasteiger partial charge in [-0.15, -0.1) is 0 Å². The van der Waals surface area contributed by atoms with E-state index < -0.39 is 0 Å². The number of halogens is 1. The summed E-state index contributed by atoms with van der Waals surface area (Å²) in [5, 5.41) is 3.71. The first-order valence-electron chi connectivity index (χ1n) is 8.07. The van der Waals surface area contributed by atoms with Crippen LogP contribution in [0, 0.1) is 6.92 Å². The highest BCUT2D eigenvalue weighted by Crippen LogP contribution is 2.53. The summed E-state index contributed by atoms with van der Waals surface area (Å²) < 4.78 is 1.44. The molecule has 0 aliphatic carbocycles. The van der Waals surface area contributed by atoms with E-state index in [0.29, 0.717) is 0 Å². The number of hydrogen-bond donors (Lipinski definition) is 1. The molecule has 0 bridgehead atoms. The highest BCUT2D eigenvalue weighted by molar-refractivity contribution is 8.02. The Morgan fingerprint density at radius 3 is 2.64 bits per heavy atom. The lowest BCUT2D eigenvalue weighted by atomic mass is 9.89. The van der Waals surface area contributed by atoms with E-state index in [4.69, 9.17) is 0 Å². The summed E-state index contributed by atoms with van der Waals surface area (Å²) >= 11 is 1.97. The molecule has 0 radical (unpaired) electrons. The van der Waals surface area contributed by atoms with Crippen molar-refractivity contribution in [2.24, 2.45) is 0 Å². The summed E-state index contributed by atoms with van der Waals surface area (Å²) in [5.74, 6) is 1.02. The van der Waals surface area contributed by atoms with Gasteiger partial charge in [-0.05, 0) is 38.5 Å². The average molecular weight is 450 g/mol. The molecule has 1 aromatic heterocycles. The van der Waals surface area contributed by atoms with Crippen molar-refractivity contribution in [1.82, 2.24) is 0 Å². The molecule has 0 spiro atoms. The highest BCUT2D eigenvalue weighted by atomic mass is 79.9. The molecule has 3 aromatic rings. The highest BCUT2D eigenvalue weighted by Gasteiger charge is 2.39. The smallest absolute Gasteiger partial charge is 0.308 e. The first kappa shape index (κ1) is 18.9. The van der Waals surface area contributed by atoms with E-state index in [2.05, 4.69) is 74.6 Å². The summed E-state index contributed by atoms with van der Waals surface area (Å²) in [6.07, 6.45) is 0. The fourth-order valence-corrected chi connectivity index (χ4v) is 7.79. The van der Waals surface area contributed by atoms with Crippen LogP contribution in [0.25, 0.3) is 11.1 Å². The molecule has 25 heavy (non-hydrogen) atoms. The standard InChI is InChI=1S/C20H20NS3.BrH/c1-13-9-10-16-15(11-13)17-18(20(2,3)21-16)23-24-19(17)22-12-14-7-5-4-6-8-14;/h4-11,21H,12H2,1-3H3;1H/q+1;/p-1. The molecule has 0 atom stereocenters. The Kier molecular flexibility index (Phi) is 5.59. The second-order valence-electron chi connectivity index (χ2n) is 6.73. The maximum absolute atomic E-state index is 3.71. The van der Waals surface area contributed by atoms with E-state index in [-0.39, 0.29) is 22.5 Å². The van der Waals surface area contributed by atoms with Gasteiger partial charge in [0.05, 0.1) is 11.1 Å². The summed E-state index contributed by atoms with van der Waals surface area (Å²) in [4.78, 5) is 1.46. The van der Waals surface area contributed by atoms with Gasteiger partial charge in [-0.1, -0.05) is 53.7 Å². The van der Waals surface area contributed by atoms with E-state index in [1.165, 1.54) is 37.0 Å². The van der Waals surface area contributed by atoms with Gasteiger partial charge in [-0.2, -0.15) is 0 Å². The lowest BCUT2D eigenvalue weighted by Crippen LogP contribution is -3.00. The van der Waals surface area contributed by atoms with E-state index in [9.17, 15) is 0 Å². The van der Waals surface area contributed by atoms with Crippen LogP contribution in [-0.2, 0) is 11.3 Å². The average Bonchev–Trinajstić information content (AvgIpc) is 3.00. The fourth-order valence-electron chi connectivity index (χ4n) is 3.09. The third kappa shape index (κ3) is 3.65. The SMILES string of the molecule is Cc1ccc2c(c1)-c1c(s[s+]c1SCc1ccccc1)C(C)(C)N2.[Br-]. The van der Waals surface area contributed by atoms with Crippen LogP contribution in [-0.4, -0.2) is 0 Å². The minimum atomic E-state index is -0.00961. The van der Waals surface area contributed by atoms with Gasteiger partial charge in [0.25, 0.3) is 4.21 Å². The van der Waals surface area contributed by atoms with Gasteiger partial charge in [0.15, 0.2) is 10.3 Å². The van der Waals surface area contributed by atoms with E-state index in [1.807, 2.05) is 32.4 Å². The molecule has 0 saturated heterocycles. The molecule has 2 aromatic carbocycles. The van der Waals surface area contributed by atoms with Crippen molar-refractivity contribution in [2.45, 2.75) is 36.3 Å². The monoisotopic (exact) mass is 449 g/mol. The Hall–Kier alpha value is -0.880. The maximum atomic E-state index is 3.71. The molecule has 1 N–H and O–H groups in total. The second kappa shape index (κ2) is 7.39. The van der Waals surface area contributed by atoms with Crippen LogP contribution >= 0.6 is 32.4 Å². The lowest BCUT2D eigenvalue weighted by Gasteiger charge is -2.32. The molecular weight excluding hydrogens is 430 g/mol. The van der Waals surface area contributed by atoms with Crippen LogP contribution in [0.2, 0.25) is 0 Å². The number of thioether (sulfide) groups is 1. The van der Waals surface area contributed by atoms with Gasteiger partial charge in [0.2, 0.25) is 0 Å². The zero-order valence-corrected chi connectivity index (χ0v) is 18.5. The number of benzene rings is 2. The first-order chi connectivity index (χ1) is 11.5. The Morgan fingerprint density at radius 2 is 1.88 bits per heavy atom. The van der Waals surface area contributed by atoms with Crippen molar-refractivity contribution in [3.05, 3.63) is 64.5 Å². The Labute approximate surface area is 171 Å². The molecule has 0 unspecified atom stereocenters. The predicted molar refractivity (Wildman–Crippen MR) is 109 cm³/mol. The molecule has 1 aliphatic rings. The van der Waals surface area contributed by atoms with Crippen LogP contribution in [0.4, 0.5) is 5.69 Å². The van der Waals surface area contributed by atoms with Crippen molar-refractivity contribution in [1.29, 1.82) is 0 Å². The van der Waals surface area contributed by atoms with Crippen LogP contribution < -0.4 is 22.3 Å². The van der Waals surface area contributed by atoms with Gasteiger partial charge in [-0.25, -0.2) is 0 Å². The molecule has 0 fully saturated rings. The predicted octanol–water partition coefficient (Wildman–Crippen LogP) is 4.02. The zero-order chi connectivity index (χ0) is 16.7. The van der Waals surface area contributed by atoms with Gasteiger partial charge in [0.1, 0.15) is 4.88 Å². The Bertz CT molecular complexity index is 887. The third-order valence-electron chi connectivity index (χ3n) is 4.30. The largest absolute Gasteiger partial charge is 1.00 e. The normalized spacial score (nSPS) is 14.0. The molecule has 1 aliphatic heterocycles. The number of fused-ring (bicyclic) bond motifs is 3. The number of anilines is 1. The number of nitrogens with one attached hydrogen (secondary N) is 1. The zero-order valence-electron chi connectivity index (χ0n) is 14.4. The number of rotatable bonds is 3. The van der Waals surface area contributed by atoms with Gasteiger partial charge in [0, 0.05) is 17.0 Å². The maximum Gasteiger partial charge on any atom is 0.308 e. The molecule has 2 heterocycles. The lowest BCUT2D eigenvalue weighted by molar-refractivity contribution is -0.00000495. The molecule has 0 saturated carbocycles. The topological polar surface area (TPSA) is 12.0 Å². The van der Waals surface area contributed by atoms with Crippen LogP contribution in [0.5, 0.6) is 0 Å². The summed E-state index contributed by atoms with van der Waals surface area (Å²) in [5.41, 5.74) is 6.75. The summed E-state index contributed by atoms with van der Waals surface area (Å²) in [7, 11) is 3.84. The molecular formula is C20H20BrNS3. The second-order valence-corrected chi connectivity index (χ2v) is 10.1. The van der Waals surface area contributed by atoms with Gasteiger partial charge < -0.3 is 22.3 Å². The minimum absolute atomic E-state index is 0. The minimum Gasteiger partial charge on any atom is -1.00 e. The van der Waals surface area contributed by atoms with Crippen molar-refractivity contribution < 1.29 is 17.0 Å². The number of hydrogen-bond acceptors (Lipinski definition) is 3. The number of aryl methyl sites for hydroxylation is 1. The van der Waals surface area contributed by atoms with Crippen molar-refractivity contribution >= 4 is 38.1 Å². The molecule has 130 valence electrons. The molecule has 0 amide bonds. The third-order valence-corrected chi connectivity index (χ3v) is 8.74. The Morgan fingerprint density at radius 1 is 1.12 bits per heavy atom. The van der Waals surface area contributed by atoms with Gasteiger partial charge in [-0.3, -0.25) is 0 Å². The first-order valence-corrected chi connectivity index (χ1v) is 11.2. The molecule has 4 rings (SSSR count). The van der Waals surface area contributed by atoms with Crippen LogP contribution in [0.15, 0.2) is 52.7 Å². The van der Waals surface area contributed by atoms with E-state index in [1.54, 1.807) is 0 Å². The fraction of sp³-hybridized carbons (Fsp3) is 0.250. The van der Waals surface area contributed by atoms with Crippen LogP contribution in [0.3, 0.4) is 0 Å². The van der Waals surface area contributed by atoms with Crippen LogP contribution in [0.1, 0.15) is 29.9 Å². The van der Waals surface area contributed by atoms with Gasteiger partial charge >= 0.3 is 10.3 Å². The molecule has 5 heteroatoms. The van der Waals surface area contributed by atoms with E-state index >= 15 is 0 Å². The van der Waals surface area contributed by atoms with Crippen molar-refractivity contribution in [2.75, 3.05) is 5.32 Å². The molecule has 1 nitrogen and oxygen atoms in total. The quantitative estimate of drug-likeness (QED) is 0.368. The summed E-state index contributed by atoms with van der Waals surface area (Å²) in [6.45, 7) is 6.74.